The number of hydrogen-bond donors (Lipinski definition) is 0. The maximum Gasteiger partial charge on any atom is 0.101 e. The number of aromatic nitrogens is 1. The lowest BCUT2D eigenvalue weighted by molar-refractivity contribution is 1.10. The molecule has 0 radical (unpaired) electrons. The van der Waals surface area contributed by atoms with E-state index in [-0.39, 0.29) is 0 Å². The van der Waals surface area contributed by atoms with E-state index in [1.165, 1.54) is 5.56 Å². The van der Waals surface area contributed by atoms with Crippen molar-refractivity contribution in [2.75, 3.05) is 0 Å². The molecule has 2 aromatic rings. The maximum absolute atomic E-state index is 9.00. The second kappa shape index (κ2) is 4.59. The number of benzene rings is 1. The molecule has 0 fully saturated rings. The number of hydrogen-bond acceptors (Lipinski definition) is 2. The summed E-state index contributed by atoms with van der Waals surface area (Å²) < 4.78 is 0. The molecule has 0 amide bonds. The zero-order valence-electron chi connectivity index (χ0n) is 9.14. The molecule has 0 aliphatic rings. The fourth-order valence-electron chi connectivity index (χ4n) is 1.68. The quantitative estimate of drug-likeness (QED) is 0.760. The van der Waals surface area contributed by atoms with Gasteiger partial charge < -0.3 is 0 Å². The van der Waals surface area contributed by atoms with Gasteiger partial charge in [0, 0.05) is 11.9 Å². The van der Waals surface area contributed by atoms with Crippen LogP contribution < -0.4 is 0 Å². The first-order valence-corrected chi connectivity index (χ1v) is 5.19. The van der Waals surface area contributed by atoms with Crippen molar-refractivity contribution in [1.29, 1.82) is 5.26 Å². The van der Waals surface area contributed by atoms with E-state index >= 15 is 0 Å². The lowest BCUT2D eigenvalue weighted by atomic mass is 10.0. The second-order valence-electron chi connectivity index (χ2n) is 3.76. The van der Waals surface area contributed by atoms with E-state index in [0.29, 0.717) is 5.56 Å². The van der Waals surface area contributed by atoms with E-state index in [0.717, 1.165) is 17.7 Å². The number of nitriles is 1. The Bertz CT molecular complexity index is 524. The highest BCUT2D eigenvalue weighted by molar-refractivity contribution is 5.39. The molecule has 2 nitrogen and oxygen atoms in total. The highest BCUT2D eigenvalue weighted by Crippen LogP contribution is 2.13. The molecule has 0 saturated carbocycles. The van der Waals surface area contributed by atoms with Crippen molar-refractivity contribution >= 4 is 0 Å². The Morgan fingerprint density at radius 1 is 1.25 bits per heavy atom. The van der Waals surface area contributed by atoms with Gasteiger partial charge >= 0.3 is 0 Å². The van der Waals surface area contributed by atoms with Crippen LogP contribution in [-0.2, 0) is 6.42 Å². The highest BCUT2D eigenvalue weighted by atomic mass is 14.7. The summed E-state index contributed by atoms with van der Waals surface area (Å²) in [6, 6.07) is 14.3. The van der Waals surface area contributed by atoms with E-state index in [1.54, 1.807) is 6.20 Å². The van der Waals surface area contributed by atoms with Crippen LogP contribution in [0.1, 0.15) is 22.4 Å². The molecule has 0 bridgehead atoms. The van der Waals surface area contributed by atoms with Crippen molar-refractivity contribution in [3.8, 4) is 6.07 Å². The molecule has 0 atom stereocenters. The molecule has 0 aliphatic carbocycles. The fourth-order valence-corrected chi connectivity index (χ4v) is 1.68. The topological polar surface area (TPSA) is 36.7 Å². The first-order valence-electron chi connectivity index (χ1n) is 5.19. The van der Waals surface area contributed by atoms with Gasteiger partial charge in [0.05, 0.1) is 5.56 Å². The minimum absolute atomic E-state index is 0.662. The Kier molecular flexibility index (Phi) is 2.98. The summed E-state index contributed by atoms with van der Waals surface area (Å²) in [6.07, 6.45) is 2.43. The lowest BCUT2D eigenvalue weighted by Crippen LogP contribution is -1.95. The van der Waals surface area contributed by atoms with Crippen LogP contribution in [0.4, 0.5) is 0 Å². The van der Waals surface area contributed by atoms with Crippen LogP contribution in [0.25, 0.3) is 0 Å². The van der Waals surface area contributed by atoms with Gasteiger partial charge in [-0.1, -0.05) is 30.3 Å². The zero-order valence-corrected chi connectivity index (χ0v) is 9.14. The molecule has 1 heterocycles. The first-order chi connectivity index (χ1) is 7.79. The van der Waals surface area contributed by atoms with Crippen molar-refractivity contribution in [2.24, 2.45) is 0 Å². The number of rotatable bonds is 2. The van der Waals surface area contributed by atoms with Crippen LogP contribution in [0, 0.1) is 18.3 Å². The number of pyridine rings is 1. The van der Waals surface area contributed by atoms with Gasteiger partial charge in [0.1, 0.15) is 6.07 Å². The van der Waals surface area contributed by atoms with Crippen molar-refractivity contribution in [3.63, 3.8) is 0 Å². The van der Waals surface area contributed by atoms with Gasteiger partial charge in [-0.15, -0.1) is 0 Å². The summed E-state index contributed by atoms with van der Waals surface area (Å²) in [5.41, 5.74) is 3.87. The van der Waals surface area contributed by atoms with Crippen LogP contribution in [0.2, 0.25) is 0 Å². The van der Waals surface area contributed by atoms with E-state index in [1.807, 2.05) is 31.2 Å². The van der Waals surface area contributed by atoms with Gasteiger partial charge in [-0.05, 0) is 30.5 Å². The predicted octanol–water partition coefficient (Wildman–Crippen LogP) is 2.85. The molecule has 0 aliphatic heterocycles. The summed E-state index contributed by atoms with van der Waals surface area (Å²) in [7, 11) is 0. The normalized spacial score (nSPS) is 9.75. The molecule has 1 aromatic carbocycles. The third-order valence-corrected chi connectivity index (χ3v) is 2.48. The molecule has 2 heteroatoms. The van der Waals surface area contributed by atoms with Crippen LogP contribution in [0.5, 0.6) is 0 Å². The van der Waals surface area contributed by atoms with Crippen LogP contribution >= 0.6 is 0 Å². The average Bonchev–Trinajstić information content (AvgIpc) is 2.31. The number of nitrogens with zero attached hydrogens (tertiary/aromatic N) is 2. The molecule has 0 saturated heterocycles. The van der Waals surface area contributed by atoms with Gasteiger partial charge in [0.2, 0.25) is 0 Å². The molecule has 1 aromatic heterocycles. The van der Waals surface area contributed by atoms with Gasteiger partial charge in [0.25, 0.3) is 0 Å². The number of aryl methyl sites for hydroxylation is 1. The molecular weight excluding hydrogens is 196 g/mol. The molecule has 2 rings (SSSR count). The Morgan fingerprint density at radius 3 is 2.69 bits per heavy atom. The summed E-state index contributed by atoms with van der Waals surface area (Å²) >= 11 is 0. The smallest absolute Gasteiger partial charge is 0.101 e. The Morgan fingerprint density at radius 2 is 2.00 bits per heavy atom. The van der Waals surface area contributed by atoms with Crippen molar-refractivity contribution in [3.05, 3.63) is 65.0 Å². The third kappa shape index (κ3) is 2.26. The minimum Gasteiger partial charge on any atom is -0.260 e. The first kappa shape index (κ1) is 10.4. The van der Waals surface area contributed by atoms with Gasteiger partial charge in [0.15, 0.2) is 0 Å². The van der Waals surface area contributed by atoms with Crippen LogP contribution in [-0.4, -0.2) is 4.98 Å². The standard InChI is InChI=1S/C14H12N2/c1-11-7-13(14(9-15)10-16-11)8-12-5-3-2-4-6-12/h2-7,10H,8H2,1H3. The average molecular weight is 208 g/mol. The molecule has 16 heavy (non-hydrogen) atoms. The lowest BCUT2D eigenvalue weighted by Gasteiger charge is -2.04. The highest BCUT2D eigenvalue weighted by Gasteiger charge is 2.03. The summed E-state index contributed by atoms with van der Waals surface area (Å²) in [6.45, 7) is 1.94. The van der Waals surface area contributed by atoms with E-state index in [9.17, 15) is 0 Å². The molecule has 78 valence electrons. The van der Waals surface area contributed by atoms with E-state index in [4.69, 9.17) is 5.26 Å². The Hall–Kier alpha value is -2.14. The van der Waals surface area contributed by atoms with Gasteiger partial charge in [-0.2, -0.15) is 5.26 Å². The van der Waals surface area contributed by atoms with Crippen LogP contribution in [0.15, 0.2) is 42.6 Å². The van der Waals surface area contributed by atoms with E-state index < -0.39 is 0 Å². The largest absolute Gasteiger partial charge is 0.260 e. The molecule has 0 N–H and O–H groups in total. The van der Waals surface area contributed by atoms with E-state index in [2.05, 4.69) is 23.2 Å². The third-order valence-electron chi connectivity index (χ3n) is 2.48. The monoisotopic (exact) mass is 208 g/mol. The zero-order chi connectivity index (χ0) is 11.4. The van der Waals surface area contributed by atoms with Gasteiger partial charge in [-0.25, -0.2) is 0 Å². The molecule has 0 spiro atoms. The summed E-state index contributed by atoms with van der Waals surface area (Å²) in [5, 5.41) is 9.00. The molecule has 0 unspecified atom stereocenters. The van der Waals surface area contributed by atoms with Crippen LogP contribution in [0.3, 0.4) is 0 Å². The fraction of sp³-hybridized carbons (Fsp3) is 0.143. The summed E-state index contributed by atoms with van der Waals surface area (Å²) in [5.74, 6) is 0. The van der Waals surface area contributed by atoms with Crippen molar-refractivity contribution in [1.82, 2.24) is 4.98 Å². The Balaban J connectivity index is 2.35. The summed E-state index contributed by atoms with van der Waals surface area (Å²) in [4.78, 5) is 4.13. The maximum atomic E-state index is 9.00. The van der Waals surface area contributed by atoms with Gasteiger partial charge in [-0.3, -0.25) is 4.98 Å². The Labute approximate surface area is 95.2 Å². The predicted molar refractivity (Wildman–Crippen MR) is 62.9 cm³/mol. The van der Waals surface area contributed by atoms with Crippen molar-refractivity contribution in [2.45, 2.75) is 13.3 Å². The molecular formula is C14H12N2. The SMILES string of the molecule is Cc1cc(Cc2ccccc2)c(C#N)cn1. The van der Waals surface area contributed by atoms with Crippen molar-refractivity contribution < 1.29 is 0 Å². The second-order valence-corrected chi connectivity index (χ2v) is 3.76. The minimum atomic E-state index is 0.662.